The van der Waals surface area contributed by atoms with E-state index in [1.165, 1.54) is 0 Å². The van der Waals surface area contributed by atoms with Crippen LogP contribution in [0.5, 0.6) is 0 Å². The van der Waals surface area contributed by atoms with Crippen molar-refractivity contribution in [2.45, 2.75) is 32.8 Å². The second kappa shape index (κ2) is 7.38. The number of furan rings is 1. The summed E-state index contributed by atoms with van der Waals surface area (Å²) in [6.07, 6.45) is -0.415. The van der Waals surface area contributed by atoms with Crippen LogP contribution in [0.4, 0.5) is 9.18 Å². The fraction of sp³-hybridized carbons (Fsp3) is 0.333. The third-order valence-corrected chi connectivity index (χ3v) is 3.21. The molecule has 2 rings (SSSR count). The van der Waals surface area contributed by atoms with E-state index < -0.39 is 17.7 Å². The van der Waals surface area contributed by atoms with Crippen molar-refractivity contribution in [3.8, 4) is 0 Å². The monoisotopic (exact) mass is 349 g/mol. The SMILES string of the molecule is CC(C)(C)OC(=O)NC/C(=C/F)c1cc2cc(CC(=O)O)ccc2o1. The molecule has 1 aromatic heterocycles. The van der Waals surface area contributed by atoms with Crippen LogP contribution in [0.25, 0.3) is 16.5 Å². The molecule has 0 aliphatic carbocycles. The number of hydrogen-bond donors (Lipinski definition) is 2. The molecule has 1 heterocycles. The van der Waals surface area contributed by atoms with Gasteiger partial charge in [-0.05, 0) is 44.5 Å². The fourth-order valence-corrected chi connectivity index (χ4v) is 2.20. The molecule has 7 heteroatoms. The maximum absolute atomic E-state index is 13.2. The number of hydrogen-bond acceptors (Lipinski definition) is 4. The smallest absolute Gasteiger partial charge is 0.407 e. The lowest BCUT2D eigenvalue weighted by Gasteiger charge is -2.19. The van der Waals surface area contributed by atoms with Gasteiger partial charge in [0.15, 0.2) is 0 Å². The van der Waals surface area contributed by atoms with Gasteiger partial charge in [-0.15, -0.1) is 0 Å². The number of carboxylic acid groups (broad SMARTS) is 1. The molecule has 2 N–H and O–H groups in total. The van der Waals surface area contributed by atoms with Crippen molar-refractivity contribution in [2.24, 2.45) is 0 Å². The predicted molar refractivity (Wildman–Crippen MR) is 90.9 cm³/mol. The number of carbonyl (C=O) groups is 2. The lowest BCUT2D eigenvalue weighted by Crippen LogP contribution is -2.33. The highest BCUT2D eigenvalue weighted by Crippen LogP contribution is 2.26. The Morgan fingerprint density at radius 3 is 2.64 bits per heavy atom. The molecule has 2 aromatic rings. The van der Waals surface area contributed by atoms with Crippen LogP contribution in [0, 0.1) is 0 Å². The van der Waals surface area contributed by atoms with Crippen LogP contribution < -0.4 is 5.32 Å². The first kappa shape index (κ1) is 18.5. The van der Waals surface area contributed by atoms with E-state index in [2.05, 4.69) is 5.32 Å². The molecule has 25 heavy (non-hydrogen) atoms. The summed E-state index contributed by atoms with van der Waals surface area (Å²) in [7, 11) is 0. The van der Waals surface area contributed by atoms with Crippen LogP contribution in [-0.4, -0.2) is 29.3 Å². The van der Waals surface area contributed by atoms with Gasteiger partial charge in [-0.3, -0.25) is 4.79 Å². The molecule has 0 saturated heterocycles. The third-order valence-electron chi connectivity index (χ3n) is 3.21. The molecule has 0 spiro atoms. The highest BCUT2D eigenvalue weighted by atomic mass is 19.1. The van der Waals surface area contributed by atoms with E-state index in [1.807, 2.05) is 0 Å². The number of fused-ring (bicyclic) bond motifs is 1. The highest BCUT2D eigenvalue weighted by molar-refractivity contribution is 5.84. The van der Waals surface area contributed by atoms with Crippen molar-refractivity contribution < 1.29 is 28.2 Å². The van der Waals surface area contributed by atoms with Gasteiger partial charge >= 0.3 is 12.1 Å². The Labute approximate surface area is 144 Å². The molecular weight excluding hydrogens is 329 g/mol. The van der Waals surface area contributed by atoms with Crippen molar-refractivity contribution in [2.75, 3.05) is 6.54 Å². The Kier molecular flexibility index (Phi) is 5.46. The third kappa shape index (κ3) is 5.34. The Balaban J connectivity index is 2.12. The second-order valence-corrected chi connectivity index (χ2v) is 6.54. The molecule has 0 aliphatic rings. The van der Waals surface area contributed by atoms with Crippen molar-refractivity contribution in [3.05, 3.63) is 41.9 Å². The minimum absolute atomic E-state index is 0.104. The fourth-order valence-electron chi connectivity index (χ4n) is 2.20. The van der Waals surface area contributed by atoms with Gasteiger partial charge in [-0.2, -0.15) is 0 Å². The van der Waals surface area contributed by atoms with Gasteiger partial charge < -0.3 is 19.6 Å². The zero-order valence-corrected chi connectivity index (χ0v) is 14.3. The molecule has 0 fully saturated rings. The summed E-state index contributed by atoms with van der Waals surface area (Å²) in [6.45, 7) is 5.08. The molecular formula is C18H20FNO5. The summed E-state index contributed by atoms with van der Waals surface area (Å²) in [4.78, 5) is 22.4. The van der Waals surface area contributed by atoms with Gasteiger partial charge in [0.05, 0.1) is 19.3 Å². The van der Waals surface area contributed by atoms with E-state index in [-0.39, 0.29) is 24.3 Å². The van der Waals surface area contributed by atoms with E-state index in [0.29, 0.717) is 22.9 Å². The van der Waals surface area contributed by atoms with Gasteiger partial charge in [-0.25, -0.2) is 9.18 Å². The minimum Gasteiger partial charge on any atom is -0.481 e. The molecule has 1 amide bonds. The van der Waals surface area contributed by atoms with Crippen LogP contribution >= 0.6 is 0 Å². The predicted octanol–water partition coefficient (Wildman–Crippen LogP) is 3.90. The van der Waals surface area contributed by atoms with Gasteiger partial charge in [0.1, 0.15) is 16.9 Å². The van der Waals surface area contributed by atoms with Crippen molar-refractivity contribution in [3.63, 3.8) is 0 Å². The summed E-state index contributed by atoms with van der Waals surface area (Å²) in [5.41, 5.74) is 0.608. The Bertz CT molecular complexity index is 816. The number of rotatable bonds is 5. The first-order valence-corrected chi connectivity index (χ1v) is 7.68. The molecule has 0 aliphatic heterocycles. The Morgan fingerprint density at radius 2 is 2.04 bits per heavy atom. The summed E-state index contributed by atoms with van der Waals surface area (Å²) >= 11 is 0. The van der Waals surface area contributed by atoms with Crippen LogP contribution in [-0.2, 0) is 16.0 Å². The molecule has 0 radical (unpaired) electrons. The summed E-state index contributed by atoms with van der Waals surface area (Å²) in [5, 5.41) is 12.0. The van der Waals surface area contributed by atoms with E-state index in [4.69, 9.17) is 14.3 Å². The van der Waals surface area contributed by atoms with Gasteiger partial charge in [-0.1, -0.05) is 6.07 Å². The molecule has 0 atom stereocenters. The zero-order valence-electron chi connectivity index (χ0n) is 14.3. The van der Waals surface area contributed by atoms with E-state index in [1.54, 1.807) is 45.0 Å². The number of ether oxygens (including phenoxy) is 1. The second-order valence-electron chi connectivity index (χ2n) is 6.54. The van der Waals surface area contributed by atoms with Crippen LogP contribution in [0.3, 0.4) is 0 Å². The number of aliphatic carboxylic acids is 1. The first-order chi connectivity index (χ1) is 11.7. The number of amides is 1. The lowest BCUT2D eigenvalue weighted by atomic mass is 10.1. The standard InChI is InChI=1S/C18H20FNO5/c1-18(2,3)25-17(23)20-10-13(9-19)15-8-12-6-11(7-16(21)22)4-5-14(12)24-15/h4-6,8-9H,7,10H2,1-3H3,(H,20,23)(H,21,22)/b13-9-. The minimum atomic E-state index is -0.936. The average molecular weight is 349 g/mol. The van der Waals surface area contributed by atoms with E-state index in [0.717, 1.165) is 0 Å². The largest absolute Gasteiger partial charge is 0.481 e. The molecule has 0 bridgehead atoms. The van der Waals surface area contributed by atoms with Crippen LogP contribution in [0.1, 0.15) is 32.1 Å². The topological polar surface area (TPSA) is 88.8 Å². The average Bonchev–Trinajstić information content (AvgIpc) is 2.88. The van der Waals surface area contributed by atoms with E-state index >= 15 is 0 Å². The summed E-state index contributed by atoms with van der Waals surface area (Å²) in [6, 6.07) is 6.55. The van der Waals surface area contributed by atoms with E-state index in [9.17, 15) is 14.0 Å². The number of halogens is 1. The Morgan fingerprint density at radius 1 is 1.32 bits per heavy atom. The highest BCUT2D eigenvalue weighted by Gasteiger charge is 2.17. The first-order valence-electron chi connectivity index (χ1n) is 7.68. The van der Waals surface area contributed by atoms with Gasteiger partial charge in [0.25, 0.3) is 0 Å². The zero-order chi connectivity index (χ0) is 18.6. The number of benzene rings is 1. The van der Waals surface area contributed by atoms with Crippen molar-refractivity contribution in [1.29, 1.82) is 0 Å². The molecule has 6 nitrogen and oxygen atoms in total. The summed E-state index contributed by atoms with van der Waals surface area (Å²) in [5.74, 6) is -0.685. The Hall–Kier alpha value is -2.83. The van der Waals surface area contributed by atoms with Crippen LogP contribution in [0.2, 0.25) is 0 Å². The van der Waals surface area contributed by atoms with Crippen molar-refractivity contribution in [1.82, 2.24) is 5.32 Å². The number of carbonyl (C=O) groups excluding carboxylic acids is 1. The maximum atomic E-state index is 13.2. The lowest BCUT2D eigenvalue weighted by molar-refractivity contribution is -0.136. The number of nitrogens with one attached hydrogen (secondary N) is 1. The van der Waals surface area contributed by atoms with Crippen molar-refractivity contribution >= 4 is 28.6 Å². The molecule has 134 valence electrons. The number of carboxylic acids is 1. The summed E-state index contributed by atoms with van der Waals surface area (Å²) < 4.78 is 23.9. The molecule has 0 unspecified atom stereocenters. The van der Waals surface area contributed by atoms with Gasteiger partial charge in [0.2, 0.25) is 0 Å². The van der Waals surface area contributed by atoms with Gasteiger partial charge in [0, 0.05) is 11.0 Å². The normalized spacial score (nSPS) is 12.2. The quantitative estimate of drug-likeness (QED) is 0.855. The molecule has 0 saturated carbocycles. The maximum Gasteiger partial charge on any atom is 0.407 e. The number of alkyl carbamates (subject to hydrolysis) is 1. The molecule has 1 aromatic carbocycles. The van der Waals surface area contributed by atoms with Crippen LogP contribution in [0.15, 0.2) is 35.0 Å².